The molecule has 1 N–H and O–H groups in total. The molecule has 0 radical (unpaired) electrons. The Labute approximate surface area is 147 Å². The van der Waals surface area contributed by atoms with E-state index in [2.05, 4.69) is 15.5 Å². The number of hydrogen-bond donors (Lipinski definition) is 1. The van der Waals surface area contributed by atoms with Crippen molar-refractivity contribution in [1.82, 2.24) is 10.4 Å². The number of rotatable bonds is 5. The highest BCUT2D eigenvalue weighted by Crippen LogP contribution is 2.26. The van der Waals surface area contributed by atoms with E-state index in [-0.39, 0.29) is 5.91 Å². The van der Waals surface area contributed by atoms with Crippen LogP contribution in [0.5, 0.6) is 0 Å². The maximum atomic E-state index is 11.9. The van der Waals surface area contributed by atoms with Gasteiger partial charge in [-0.25, -0.2) is 10.4 Å². The van der Waals surface area contributed by atoms with Crippen LogP contribution in [0.4, 0.5) is 0 Å². The lowest BCUT2D eigenvalue weighted by Crippen LogP contribution is -2.17. The second kappa shape index (κ2) is 7.81. The van der Waals surface area contributed by atoms with E-state index >= 15 is 0 Å². The van der Waals surface area contributed by atoms with Gasteiger partial charge in [0, 0.05) is 16.8 Å². The highest BCUT2D eigenvalue weighted by Gasteiger charge is 2.05. The van der Waals surface area contributed by atoms with Crippen molar-refractivity contribution in [2.75, 3.05) is 0 Å². The van der Waals surface area contributed by atoms with Crippen molar-refractivity contribution >= 4 is 35.5 Å². The molecule has 2 aromatic heterocycles. The Morgan fingerprint density at radius 1 is 1.21 bits per heavy atom. The van der Waals surface area contributed by atoms with E-state index in [0.29, 0.717) is 21.4 Å². The van der Waals surface area contributed by atoms with Gasteiger partial charge in [0.2, 0.25) is 0 Å². The Balaban J connectivity index is 1.58. The molecule has 0 fully saturated rings. The van der Waals surface area contributed by atoms with E-state index in [1.807, 2.05) is 24.3 Å². The largest absolute Gasteiger partial charge is 0.448 e. The van der Waals surface area contributed by atoms with Crippen LogP contribution in [-0.2, 0) is 0 Å². The fourth-order valence-corrected chi connectivity index (χ4v) is 2.75. The molecule has 0 aliphatic rings. The summed E-state index contributed by atoms with van der Waals surface area (Å²) < 4.78 is 5.60. The van der Waals surface area contributed by atoms with Gasteiger partial charge in [-0.15, -0.1) is 0 Å². The van der Waals surface area contributed by atoms with Gasteiger partial charge in [-0.2, -0.15) is 5.10 Å². The number of hydrazone groups is 1. The zero-order valence-corrected chi connectivity index (χ0v) is 13.9. The summed E-state index contributed by atoms with van der Waals surface area (Å²) >= 11 is 7.25. The summed E-state index contributed by atoms with van der Waals surface area (Å²) in [6, 6.07) is 15.9. The van der Waals surface area contributed by atoms with E-state index in [4.69, 9.17) is 16.0 Å². The van der Waals surface area contributed by atoms with Gasteiger partial charge >= 0.3 is 0 Å². The van der Waals surface area contributed by atoms with E-state index < -0.39 is 0 Å². The number of amides is 1. The second-order valence-corrected chi connectivity index (χ2v) is 6.10. The number of carbonyl (C=O) groups excluding carboxylic acids is 1. The zero-order valence-electron chi connectivity index (χ0n) is 12.3. The molecule has 0 aliphatic carbocycles. The predicted octanol–water partition coefficient (Wildman–Crippen LogP) is 4.24. The predicted molar refractivity (Wildman–Crippen MR) is 93.6 cm³/mol. The molecule has 24 heavy (non-hydrogen) atoms. The van der Waals surface area contributed by atoms with Crippen molar-refractivity contribution in [2.24, 2.45) is 5.10 Å². The minimum Gasteiger partial charge on any atom is -0.448 e. The first-order valence-corrected chi connectivity index (χ1v) is 8.18. The molecule has 1 aromatic carbocycles. The number of nitrogens with one attached hydrogen (secondary N) is 1. The van der Waals surface area contributed by atoms with Crippen LogP contribution in [0.15, 0.2) is 80.4 Å². The van der Waals surface area contributed by atoms with Crippen LogP contribution in [-0.4, -0.2) is 17.1 Å². The minimum absolute atomic E-state index is 0.344. The van der Waals surface area contributed by atoms with Crippen LogP contribution in [0.25, 0.3) is 0 Å². The standard InChI is InChI=1S/C17H12ClN3O2S/c18-13-5-3-4-12(10-13)17(22)21-20-11-14-7-8-16(23-14)24-15-6-1-2-9-19-15/h1-11H,(H,21,22)/b20-11+. The normalized spacial score (nSPS) is 10.9. The van der Waals surface area contributed by atoms with E-state index in [0.717, 1.165) is 5.03 Å². The molecule has 2 heterocycles. The zero-order chi connectivity index (χ0) is 16.8. The Morgan fingerprint density at radius 3 is 2.92 bits per heavy atom. The van der Waals surface area contributed by atoms with Crippen molar-refractivity contribution in [2.45, 2.75) is 10.1 Å². The number of aromatic nitrogens is 1. The number of halogens is 1. The van der Waals surface area contributed by atoms with Crippen molar-refractivity contribution in [3.63, 3.8) is 0 Å². The van der Waals surface area contributed by atoms with Crippen LogP contribution >= 0.6 is 23.4 Å². The van der Waals surface area contributed by atoms with Crippen LogP contribution in [0.3, 0.4) is 0 Å². The van der Waals surface area contributed by atoms with Gasteiger partial charge in [0.1, 0.15) is 10.8 Å². The van der Waals surface area contributed by atoms with Gasteiger partial charge in [-0.3, -0.25) is 4.79 Å². The molecule has 0 saturated carbocycles. The first kappa shape index (κ1) is 16.3. The third-order valence-electron chi connectivity index (χ3n) is 2.89. The average Bonchev–Trinajstić information content (AvgIpc) is 3.03. The number of nitrogens with zero attached hydrogens (tertiary/aromatic N) is 2. The molecular weight excluding hydrogens is 346 g/mol. The summed E-state index contributed by atoms with van der Waals surface area (Å²) in [6.45, 7) is 0. The average molecular weight is 358 g/mol. The SMILES string of the molecule is O=C(N/N=C/c1ccc(Sc2ccccn2)o1)c1cccc(Cl)c1. The van der Waals surface area contributed by atoms with Crippen molar-refractivity contribution in [1.29, 1.82) is 0 Å². The Bertz CT molecular complexity index is 865. The molecule has 0 saturated heterocycles. The summed E-state index contributed by atoms with van der Waals surface area (Å²) in [4.78, 5) is 16.1. The molecular formula is C17H12ClN3O2S. The van der Waals surface area contributed by atoms with Gasteiger partial charge < -0.3 is 4.42 Å². The first-order valence-electron chi connectivity index (χ1n) is 6.98. The van der Waals surface area contributed by atoms with Crippen LogP contribution in [0.2, 0.25) is 5.02 Å². The van der Waals surface area contributed by atoms with Gasteiger partial charge in [0.15, 0.2) is 5.09 Å². The number of pyridine rings is 1. The van der Waals surface area contributed by atoms with Gasteiger partial charge in [0.25, 0.3) is 5.91 Å². The molecule has 0 bridgehead atoms. The Morgan fingerprint density at radius 2 is 2.12 bits per heavy atom. The third-order valence-corrected chi connectivity index (χ3v) is 4.00. The topological polar surface area (TPSA) is 67.5 Å². The third kappa shape index (κ3) is 4.47. The number of furan rings is 1. The number of benzene rings is 1. The smallest absolute Gasteiger partial charge is 0.271 e. The summed E-state index contributed by atoms with van der Waals surface area (Å²) in [5, 5.41) is 5.90. The lowest BCUT2D eigenvalue weighted by molar-refractivity contribution is 0.0955. The minimum atomic E-state index is -0.344. The highest BCUT2D eigenvalue weighted by molar-refractivity contribution is 7.99. The molecule has 0 atom stereocenters. The van der Waals surface area contributed by atoms with E-state index in [1.165, 1.54) is 18.0 Å². The molecule has 0 aliphatic heterocycles. The van der Waals surface area contributed by atoms with E-state index in [9.17, 15) is 4.79 Å². The Kier molecular flexibility index (Phi) is 5.30. The first-order chi connectivity index (χ1) is 11.7. The lowest BCUT2D eigenvalue weighted by Gasteiger charge is -1.99. The molecule has 7 heteroatoms. The summed E-state index contributed by atoms with van der Waals surface area (Å²) in [7, 11) is 0. The van der Waals surface area contributed by atoms with Crippen LogP contribution in [0.1, 0.15) is 16.1 Å². The summed E-state index contributed by atoms with van der Waals surface area (Å²) in [6.07, 6.45) is 3.16. The molecule has 0 unspecified atom stereocenters. The van der Waals surface area contributed by atoms with Crippen molar-refractivity contribution in [3.8, 4) is 0 Å². The van der Waals surface area contributed by atoms with Crippen LogP contribution < -0.4 is 5.43 Å². The van der Waals surface area contributed by atoms with Crippen LogP contribution in [0, 0.1) is 0 Å². The fraction of sp³-hybridized carbons (Fsp3) is 0. The quantitative estimate of drug-likeness (QED) is 0.547. The summed E-state index contributed by atoms with van der Waals surface area (Å²) in [5.74, 6) is 0.184. The number of hydrogen-bond acceptors (Lipinski definition) is 5. The molecule has 5 nitrogen and oxygen atoms in total. The molecule has 3 rings (SSSR count). The maximum absolute atomic E-state index is 11.9. The van der Waals surface area contributed by atoms with E-state index in [1.54, 1.807) is 36.5 Å². The molecule has 1 amide bonds. The second-order valence-electron chi connectivity index (χ2n) is 4.64. The van der Waals surface area contributed by atoms with Crippen molar-refractivity contribution in [3.05, 3.63) is 77.1 Å². The van der Waals surface area contributed by atoms with Crippen molar-refractivity contribution < 1.29 is 9.21 Å². The Hall–Kier alpha value is -2.57. The fourth-order valence-electron chi connectivity index (χ4n) is 1.82. The van der Waals surface area contributed by atoms with Gasteiger partial charge in [-0.05, 0) is 54.2 Å². The molecule has 3 aromatic rings. The van der Waals surface area contributed by atoms with Gasteiger partial charge in [-0.1, -0.05) is 23.7 Å². The van der Waals surface area contributed by atoms with Gasteiger partial charge in [0.05, 0.1) is 6.21 Å². The molecule has 120 valence electrons. The summed E-state index contributed by atoms with van der Waals surface area (Å²) in [5.41, 5.74) is 2.86. The number of carbonyl (C=O) groups is 1. The lowest BCUT2D eigenvalue weighted by atomic mass is 10.2. The molecule has 0 spiro atoms. The maximum Gasteiger partial charge on any atom is 0.271 e. The highest BCUT2D eigenvalue weighted by atomic mass is 35.5. The monoisotopic (exact) mass is 357 g/mol.